The molecule has 1 N–H and O–H groups in total. The molecule has 1 atom stereocenters. The van der Waals surface area contributed by atoms with Crippen molar-refractivity contribution in [3.05, 3.63) is 70.2 Å². The zero-order valence-electron chi connectivity index (χ0n) is 14.7. The number of nitrogens with zero attached hydrogens (tertiary/aromatic N) is 1. The molecular formula is C20H17ClN2O3S. The Morgan fingerprint density at radius 2 is 1.93 bits per heavy atom. The van der Waals surface area contributed by atoms with Crippen LogP contribution < -0.4 is 5.32 Å². The Balaban J connectivity index is 1.62. The van der Waals surface area contributed by atoms with Crippen molar-refractivity contribution in [3.8, 4) is 10.6 Å². The van der Waals surface area contributed by atoms with Crippen LogP contribution in [0.2, 0.25) is 5.02 Å². The second kappa shape index (κ2) is 8.33. The summed E-state index contributed by atoms with van der Waals surface area (Å²) < 4.78 is 5.23. The van der Waals surface area contributed by atoms with Gasteiger partial charge in [0.1, 0.15) is 5.01 Å². The highest BCUT2D eigenvalue weighted by Gasteiger charge is 2.21. The van der Waals surface area contributed by atoms with Crippen LogP contribution in [0.4, 0.5) is 5.69 Å². The second-order valence-electron chi connectivity index (χ2n) is 5.95. The van der Waals surface area contributed by atoms with Crippen LogP contribution >= 0.6 is 22.9 Å². The lowest BCUT2D eigenvalue weighted by Crippen LogP contribution is -2.30. The summed E-state index contributed by atoms with van der Waals surface area (Å²) in [5.41, 5.74) is 2.71. The standard InChI is InChI=1S/C20H17ClN2O3S/c1-12-6-8-16(9-7-12)22-18(24)13(2)26-20(25)17-11-27-19(23-17)14-4-3-5-15(21)10-14/h3-11,13H,1-2H3,(H,22,24)/t13-/m1/s1. The van der Waals surface area contributed by atoms with Crippen molar-refractivity contribution in [3.63, 3.8) is 0 Å². The average molecular weight is 401 g/mol. The van der Waals surface area contributed by atoms with E-state index in [9.17, 15) is 9.59 Å². The number of halogens is 1. The number of aromatic nitrogens is 1. The lowest BCUT2D eigenvalue weighted by Gasteiger charge is -2.12. The largest absolute Gasteiger partial charge is 0.448 e. The number of esters is 1. The third-order valence-corrected chi connectivity index (χ3v) is 4.88. The number of amides is 1. The van der Waals surface area contributed by atoms with E-state index in [1.54, 1.807) is 29.6 Å². The molecule has 138 valence electrons. The summed E-state index contributed by atoms with van der Waals surface area (Å²) in [6.07, 6.45) is -0.949. The van der Waals surface area contributed by atoms with Crippen LogP contribution in [0.3, 0.4) is 0 Å². The molecule has 5 nitrogen and oxygen atoms in total. The number of nitrogens with one attached hydrogen (secondary N) is 1. The summed E-state index contributed by atoms with van der Waals surface area (Å²) >= 11 is 7.29. The van der Waals surface area contributed by atoms with E-state index in [1.165, 1.54) is 18.3 Å². The van der Waals surface area contributed by atoms with E-state index in [2.05, 4.69) is 10.3 Å². The Bertz CT molecular complexity index is 969. The lowest BCUT2D eigenvalue weighted by molar-refractivity contribution is -0.123. The number of rotatable bonds is 5. The molecule has 7 heteroatoms. The zero-order chi connectivity index (χ0) is 19.4. The maximum atomic E-state index is 12.3. The van der Waals surface area contributed by atoms with Crippen molar-refractivity contribution >= 4 is 40.5 Å². The fraction of sp³-hybridized carbons (Fsp3) is 0.150. The van der Waals surface area contributed by atoms with Crippen LogP contribution in [-0.2, 0) is 9.53 Å². The van der Waals surface area contributed by atoms with E-state index in [-0.39, 0.29) is 5.69 Å². The Morgan fingerprint density at radius 3 is 2.63 bits per heavy atom. The molecule has 0 bridgehead atoms. The van der Waals surface area contributed by atoms with E-state index < -0.39 is 18.0 Å². The van der Waals surface area contributed by atoms with Gasteiger partial charge in [-0.1, -0.05) is 41.4 Å². The number of benzene rings is 2. The van der Waals surface area contributed by atoms with E-state index >= 15 is 0 Å². The van der Waals surface area contributed by atoms with E-state index in [0.717, 1.165) is 11.1 Å². The third-order valence-electron chi connectivity index (χ3n) is 3.76. The predicted molar refractivity (Wildman–Crippen MR) is 107 cm³/mol. The lowest BCUT2D eigenvalue weighted by atomic mass is 10.2. The van der Waals surface area contributed by atoms with Crippen LogP contribution in [-0.4, -0.2) is 23.0 Å². The number of hydrogen-bond acceptors (Lipinski definition) is 5. The fourth-order valence-electron chi connectivity index (χ4n) is 2.28. The minimum atomic E-state index is -0.949. The number of ether oxygens (including phenoxy) is 1. The van der Waals surface area contributed by atoms with Crippen LogP contribution in [0.15, 0.2) is 53.9 Å². The Morgan fingerprint density at radius 1 is 1.19 bits per heavy atom. The van der Waals surface area contributed by atoms with Crippen molar-refractivity contribution < 1.29 is 14.3 Å². The van der Waals surface area contributed by atoms with Gasteiger partial charge < -0.3 is 10.1 Å². The minimum absolute atomic E-state index is 0.157. The van der Waals surface area contributed by atoms with Crippen LogP contribution in [0.5, 0.6) is 0 Å². The van der Waals surface area contributed by atoms with E-state index in [0.29, 0.717) is 15.7 Å². The maximum absolute atomic E-state index is 12.3. The van der Waals surface area contributed by atoms with Crippen LogP contribution in [0.1, 0.15) is 23.0 Å². The van der Waals surface area contributed by atoms with Crippen molar-refractivity contribution in [1.82, 2.24) is 4.98 Å². The Kier molecular flexibility index (Phi) is 5.88. The number of carbonyl (C=O) groups is 2. The number of anilines is 1. The molecule has 1 heterocycles. The van der Waals surface area contributed by atoms with Gasteiger partial charge in [0.05, 0.1) is 0 Å². The fourth-order valence-corrected chi connectivity index (χ4v) is 3.25. The van der Waals surface area contributed by atoms with Crippen molar-refractivity contribution in [1.29, 1.82) is 0 Å². The van der Waals surface area contributed by atoms with Crippen molar-refractivity contribution in [2.75, 3.05) is 5.32 Å². The molecule has 0 spiro atoms. The van der Waals surface area contributed by atoms with Gasteiger partial charge in [-0.05, 0) is 38.1 Å². The molecule has 0 radical (unpaired) electrons. The quantitative estimate of drug-likeness (QED) is 0.615. The Hall–Kier alpha value is -2.70. The molecular weight excluding hydrogens is 384 g/mol. The molecule has 3 aromatic rings. The molecule has 27 heavy (non-hydrogen) atoms. The molecule has 0 saturated carbocycles. The molecule has 0 aliphatic heterocycles. The third kappa shape index (κ3) is 4.93. The van der Waals surface area contributed by atoms with Gasteiger partial charge in [0, 0.05) is 21.7 Å². The molecule has 0 unspecified atom stereocenters. The monoisotopic (exact) mass is 400 g/mol. The topological polar surface area (TPSA) is 68.3 Å². The van der Waals surface area contributed by atoms with Crippen LogP contribution in [0.25, 0.3) is 10.6 Å². The van der Waals surface area contributed by atoms with Gasteiger partial charge in [0.2, 0.25) is 0 Å². The van der Waals surface area contributed by atoms with Gasteiger partial charge in [-0.15, -0.1) is 11.3 Å². The van der Waals surface area contributed by atoms with Gasteiger partial charge in [-0.3, -0.25) is 4.79 Å². The summed E-state index contributed by atoms with van der Waals surface area (Å²) in [7, 11) is 0. The van der Waals surface area contributed by atoms with Gasteiger partial charge >= 0.3 is 5.97 Å². The van der Waals surface area contributed by atoms with Gasteiger partial charge in [0.15, 0.2) is 11.8 Å². The first-order valence-electron chi connectivity index (χ1n) is 8.22. The summed E-state index contributed by atoms with van der Waals surface area (Å²) in [6, 6.07) is 14.6. The first-order chi connectivity index (χ1) is 12.9. The second-order valence-corrected chi connectivity index (χ2v) is 7.25. The van der Waals surface area contributed by atoms with Gasteiger partial charge in [-0.2, -0.15) is 0 Å². The average Bonchev–Trinajstić information content (AvgIpc) is 3.14. The minimum Gasteiger partial charge on any atom is -0.448 e. The SMILES string of the molecule is Cc1ccc(NC(=O)[C@@H](C)OC(=O)c2csc(-c3cccc(Cl)c3)n2)cc1. The highest BCUT2D eigenvalue weighted by molar-refractivity contribution is 7.13. The normalized spacial score (nSPS) is 11.7. The number of thiazole rings is 1. The summed E-state index contributed by atoms with van der Waals surface area (Å²) in [5.74, 6) is -1.05. The van der Waals surface area contributed by atoms with E-state index in [1.807, 2.05) is 31.2 Å². The van der Waals surface area contributed by atoms with Crippen molar-refractivity contribution in [2.45, 2.75) is 20.0 Å². The molecule has 2 aromatic carbocycles. The Labute approximate surface area is 166 Å². The molecule has 3 rings (SSSR count). The predicted octanol–water partition coefficient (Wildman–Crippen LogP) is 4.96. The van der Waals surface area contributed by atoms with Crippen LogP contribution in [0, 0.1) is 6.92 Å². The maximum Gasteiger partial charge on any atom is 0.358 e. The molecule has 0 saturated heterocycles. The highest BCUT2D eigenvalue weighted by Crippen LogP contribution is 2.26. The number of aryl methyl sites for hydroxylation is 1. The number of hydrogen-bond donors (Lipinski definition) is 1. The first-order valence-corrected chi connectivity index (χ1v) is 9.48. The molecule has 1 amide bonds. The highest BCUT2D eigenvalue weighted by atomic mass is 35.5. The summed E-state index contributed by atoms with van der Waals surface area (Å²) in [6.45, 7) is 3.48. The molecule has 0 fully saturated rings. The molecule has 0 aliphatic rings. The molecule has 0 aliphatic carbocycles. The van der Waals surface area contributed by atoms with Gasteiger partial charge in [-0.25, -0.2) is 9.78 Å². The van der Waals surface area contributed by atoms with Gasteiger partial charge in [0.25, 0.3) is 5.91 Å². The molecule has 1 aromatic heterocycles. The van der Waals surface area contributed by atoms with Crippen molar-refractivity contribution in [2.24, 2.45) is 0 Å². The smallest absolute Gasteiger partial charge is 0.358 e. The first kappa shape index (κ1) is 19.1. The van der Waals surface area contributed by atoms with E-state index in [4.69, 9.17) is 16.3 Å². The summed E-state index contributed by atoms with van der Waals surface area (Å²) in [4.78, 5) is 28.8. The zero-order valence-corrected chi connectivity index (χ0v) is 16.3. The summed E-state index contributed by atoms with van der Waals surface area (Å²) in [5, 5.41) is 5.56. The number of carbonyl (C=O) groups excluding carboxylic acids is 2.